The molecule has 1 aromatic heterocycles. The van der Waals surface area contributed by atoms with E-state index in [0.29, 0.717) is 6.04 Å². The number of hydrogen-bond acceptors (Lipinski definition) is 3. The summed E-state index contributed by atoms with van der Waals surface area (Å²) in [5.74, 6) is 1.84. The van der Waals surface area contributed by atoms with Crippen LogP contribution in [0.15, 0.2) is 72.0 Å². The molecule has 33 heavy (non-hydrogen) atoms. The van der Waals surface area contributed by atoms with Crippen molar-refractivity contribution in [1.82, 2.24) is 25.1 Å². The van der Waals surface area contributed by atoms with Crippen molar-refractivity contribution < 1.29 is 0 Å². The fraction of sp³-hybridized carbons (Fsp3) is 0.385. The summed E-state index contributed by atoms with van der Waals surface area (Å²) in [4.78, 5) is 11.2. The molecule has 0 aliphatic rings. The first-order valence-corrected chi connectivity index (χ1v) is 11.4. The lowest BCUT2D eigenvalue weighted by molar-refractivity contribution is 0.219. The second-order valence-corrected chi connectivity index (χ2v) is 7.88. The smallest absolute Gasteiger partial charge is 0.191 e. The normalized spacial score (nSPS) is 12.3. The molecule has 1 atom stereocenters. The molecule has 2 N–H and O–H groups in total. The molecule has 1 heterocycles. The molecule has 0 saturated heterocycles. The Morgan fingerprint density at radius 3 is 2.39 bits per heavy atom. The van der Waals surface area contributed by atoms with E-state index in [4.69, 9.17) is 0 Å². The van der Waals surface area contributed by atoms with Crippen molar-refractivity contribution >= 4 is 29.9 Å². The third kappa shape index (κ3) is 7.85. The summed E-state index contributed by atoms with van der Waals surface area (Å²) in [6.45, 7) is 10.8. The van der Waals surface area contributed by atoms with Crippen molar-refractivity contribution in [1.29, 1.82) is 0 Å². The van der Waals surface area contributed by atoms with Crippen LogP contribution in [0.5, 0.6) is 0 Å². The molecule has 2 aromatic carbocycles. The zero-order chi connectivity index (χ0) is 22.8. The van der Waals surface area contributed by atoms with Gasteiger partial charge in [-0.1, -0.05) is 68.4 Å². The molecule has 0 bridgehead atoms. The third-order valence-corrected chi connectivity index (χ3v) is 5.85. The SMILES string of the molecule is CCN(CC)C(CNC(=NC)NCc1cccc(Cn2ccnc2C)c1)c1ccccc1.I. The molecule has 0 aliphatic carbocycles. The number of likely N-dealkylation sites (N-methyl/N-ethyl adjacent to an activating group) is 1. The van der Waals surface area contributed by atoms with E-state index in [0.717, 1.165) is 44.5 Å². The van der Waals surface area contributed by atoms with Crippen LogP contribution in [0.25, 0.3) is 0 Å². The average Bonchev–Trinajstić information content (AvgIpc) is 3.23. The molecule has 3 rings (SSSR count). The largest absolute Gasteiger partial charge is 0.354 e. The Balaban J connectivity index is 0.00000385. The van der Waals surface area contributed by atoms with Crippen LogP contribution in [0.2, 0.25) is 0 Å². The van der Waals surface area contributed by atoms with Crippen molar-refractivity contribution in [3.8, 4) is 0 Å². The van der Waals surface area contributed by atoms with Crippen molar-refractivity contribution in [2.45, 2.75) is 39.9 Å². The molecule has 1 unspecified atom stereocenters. The minimum atomic E-state index is 0. The number of aliphatic imine (C=N–C) groups is 1. The Morgan fingerprint density at radius 1 is 1.03 bits per heavy atom. The van der Waals surface area contributed by atoms with Crippen LogP contribution < -0.4 is 10.6 Å². The molecule has 7 heteroatoms. The lowest BCUT2D eigenvalue weighted by Crippen LogP contribution is -2.43. The van der Waals surface area contributed by atoms with Crippen molar-refractivity contribution in [3.63, 3.8) is 0 Å². The number of imidazole rings is 1. The highest BCUT2D eigenvalue weighted by Gasteiger charge is 2.18. The first-order chi connectivity index (χ1) is 15.6. The van der Waals surface area contributed by atoms with E-state index in [9.17, 15) is 0 Å². The summed E-state index contributed by atoms with van der Waals surface area (Å²) in [6, 6.07) is 19.6. The molecule has 0 spiro atoms. The Labute approximate surface area is 215 Å². The fourth-order valence-corrected chi connectivity index (χ4v) is 4.00. The number of nitrogens with zero attached hydrogens (tertiary/aromatic N) is 4. The molecule has 0 saturated carbocycles. The predicted octanol–water partition coefficient (Wildman–Crippen LogP) is 4.61. The number of guanidine groups is 1. The molecule has 178 valence electrons. The monoisotopic (exact) mass is 560 g/mol. The van der Waals surface area contributed by atoms with Gasteiger partial charge in [-0.2, -0.15) is 0 Å². The molecule has 0 fully saturated rings. The van der Waals surface area contributed by atoms with E-state index >= 15 is 0 Å². The highest BCUT2D eigenvalue weighted by Crippen LogP contribution is 2.19. The van der Waals surface area contributed by atoms with E-state index in [1.54, 1.807) is 0 Å². The molecular weight excluding hydrogens is 523 g/mol. The maximum absolute atomic E-state index is 4.44. The number of aryl methyl sites for hydroxylation is 1. The summed E-state index contributed by atoms with van der Waals surface area (Å²) in [5, 5.41) is 7.00. The summed E-state index contributed by atoms with van der Waals surface area (Å²) in [6.07, 6.45) is 3.86. The van der Waals surface area contributed by atoms with Crippen molar-refractivity contribution in [2.24, 2.45) is 4.99 Å². The van der Waals surface area contributed by atoms with Gasteiger partial charge in [0, 0.05) is 39.1 Å². The number of halogens is 1. The average molecular weight is 561 g/mol. The second-order valence-electron chi connectivity index (χ2n) is 7.88. The first-order valence-electron chi connectivity index (χ1n) is 11.4. The van der Waals surface area contributed by atoms with Crippen LogP contribution in [-0.4, -0.2) is 47.1 Å². The number of rotatable bonds is 10. The zero-order valence-electron chi connectivity index (χ0n) is 20.2. The standard InChI is InChI=1S/C26H36N6.HI/c1-5-31(6-2)25(24-13-8-7-9-14-24)19-30-26(27-4)29-18-22-11-10-12-23(17-22)20-32-16-15-28-21(32)3;/h7-17,25H,5-6,18-20H2,1-4H3,(H2,27,29,30);1H. The highest BCUT2D eigenvalue weighted by atomic mass is 127. The lowest BCUT2D eigenvalue weighted by atomic mass is 10.1. The van der Waals surface area contributed by atoms with E-state index in [1.807, 2.05) is 26.4 Å². The molecule has 0 amide bonds. The summed E-state index contributed by atoms with van der Waals surface area (Å²) in [7, 11) is 1.82. The van der Waals surface area contributed by atoms with Gasteiger partial charge in [-0.25, -0.2) is 4.98 Å². The van der Waals surface area contributed by atoms with Crippen molar-refractivity contribution in [3.05, 3.63) is 89.5 Å². The number of nitrogens with one attached hydrogen (secondary N) is 2. The quantitative estimate of drug-likeness (QED) is 0.216. The van der Waals surface area contributed by atoms with Crippen LogP contribution in [0.4, 0.5) is 0 Å². The number of benzene rings is 2. The minimum absolute atomic E-state index is 0. The Bertz CT molecular complexity index is 981. The van der Waals surface area contributed by atoms with Gasteiger partial charge >= 0.3 is 0 Å². The van der Waals surface area contributed by atoms with Gasteiger partial charge in [-0.15, -0.1) is 24.0 Å². The topological polar surface area (TPSA) is 57.5 Å². The zero-order valence-corrected chi connectivity index (χ0v) is 22.5. The van der Waals surface area contributed by atoms with Gasteiger partial charge in [0.25, 0.3) is 0 Å². The molecule has 3 aromatic rings. The van der Waals surface area contributed by atoms with Gasteiger partial charge < -0.3 is 15.2 Å². The van der Waals surface area contributed by atoms with Gasteiger partial charge in [0.15, 0.2) is 5.96 Å². The van der Waals surface area contributed by atoms with Crippen LogP contribution in [0.1, 0.15) is 42.4 Å². The van der Waals surface area contributed by atoms with Crippen LogP contribution >= 0.6 is 24.0 Å². The Kier molecular flexibility index (Phi) is 11.4. The maximum atomic E-state index is 4.44. The lowest BCUT2D eigenvalue weighted by Gasteiger charge is -2.30. The van der Waals surface area contributed by atoms with Gasteiger partial charge in [-0.3, -0.25) is 9.89 Å². The summed E-state index contributed by atoms with van der Waals surface area (Å²) < 4.78 is 2.16. The van der Waals surface area contributed by atoms with Crippen LogP contribution in [0.3, 0.4) is 0 Å². The Morgan fingerprint density at radius 2 is 1.76 bits per heavy atom. The number of hydrogen-bond donors (Lipinski definition) is 2. The van der Waals surface area contributed by atoms with Crippen LogP contribution in [0, 0.1) is 6.92 Å². The van der Waals surface area contributed by atoms with Gasteiger partial charge in [0.1, 0.15) is 5.82 Å². The van der Waals surface area contributed by atoms with Gasteiger partial charge in [0.05, 0.1) is 6.04 Å². The van der Waals surface area contributed by atoms with Gasteiger partial charge in [-0.05, 0) is 36.7 Å². The maximum Gasteiger partial charge on any atom is 0.191 e. The minimum Gasteiger partial charge on any atom is -0.354 e. The van der Waals surface area contributed by atoms with E-state index in [1.165, 1.54) is 16.7 Å². The van der Waals surface area contributed by atoms with E-state index in [-0.39, 0.29) is 24.0 Å². The van der Waals surface area contributed by atoms with E-state index in [2.05, 4.69) is 98.5 Å². The first kappa shape index (κ1) is 26.9. The van der Waals surface area contributed by atoms with Crippen molar-refractivity contribution in [2.75, 3.05) is 26.7 Å². The third-order valence-electron chi connectivity index (χ3n) is 5.85. The van der Waals surface area contributed by atoms with E-state index < -0.39 is 0 Å². The van der Waals surface area contributed by atoms with Crippen LogP contribution in [-0.2, 0) is 13.1 Å². The molecule has 6 nitrogen and oxygen atoms in total. The molecule has 0 aliphatic heterocycles. The molecular formula is C26H37IN6. The van der Waals surface area contributed by atoms with Gasteiger partial charge in [0.2, 0.25) is 0 Å². The Hall–Kier alpha value is -2.39. The fourth-order valence-electron chi connectivity index (χ4n) is 4.00. The number of aromatic nitrogens is 2. The summed E-state index contributed by atoms with van der Waals surface area (Å²) in [5.41, 5.74) is 3.81. The second kappa shape index (κ2) is 14.0. The highest BCUT2D eigenvalue weighted by molar-refractivity contribution is 14.0. The summed E-state index contributed by atoms with van der Waals surface area (Å²) >= 11 is 0. The predicted molar refractivity (Wildman–Crippen MR) is 148 cm³/mol. The molecule has 0 radical (unpaired) electrons.